The second-order valence-corrected chi connectivity index (χ2v) is 10.2. The number of fused-ring (bicyclic) bond motifs is 1. The van der Waals surface area contributed by atoms with Crippen LogP contribution < -0.4 is 10.6 Å². The predicted molar refractivity (Wildman–Crippen MR) is 135 cm³/mol. The van der Waals surface area contributed by atoms with Crippen molar-refractivity contribution in [3.8, 4) is 6.07 Å². The number of hydrogen-bond donors (Lipinski definition) is 1. The monoisotopic (exact) mass is 468 g/mol. The Morgan fingerprint density at radius 3 is 2.56 bits per heavy atom. The molecule has 2 heterocycles. The Morgan fingerprint density at radius 2 is 1.85 bits per heavy atom. The van der Waals surface area contributed by atoms with Crippen molar-refractivity contribution in [3.63, 3.8) is 0 Å². The molecule has 2 N–H and O–H groups in total. The molecule has 0 saturated heterocycles. The molecule has 0 saturated carbocycles. The van der Waals surface area contributed by atoms with Crippen molar-refractivity contribution in [3.05, 3.63) is 93.5 Å². The van der Waals surface area contributed by atoms with E-state index in [-0.39, 0.29) is 16.4 Å². The normalized spacial score (nSPS) is 19.9. The van der Waals surface area contributed by atoms with Crippen LogP contribution in [0.5, 0.6) is 0 Å². The fourth-order valence-corrected chi connectivity index (χ4v) is 5.37. The Hall–Kier alpha value is -3.62. The number of benzene rings is 2. The number of nitriles is 1. The van der Waals surface area contributed by atoms with E-state index in [1.54, 1.807) is 0 Å². The summed E-state index contributed by atoms with van der Waals surface area (Å²) in [7, 11) is 0. The third-order valence-corrected chi connectivity index (χ3v) is 6.99. The maximum Gasteiger partial charge on any atom is 0.162 e. The SMILES string of the molecule is Cc1ccc(N2C(N)=C(C#N)C(c3cc4ccccc4nc3Cl)C3=C2CC(C)(C)CC3=O)cc1. The maximum atomic E-state index is 13.7. The maximum absolute atomic E-state index is 13.7. The number of Topliss-reactive ketones (excluding diaryl/α,β-unsaturated/α-hetero) is 1. The standard InChI is InChI=1S/C28H25ClN4O/c1-16-8-10-18(11-9-16)33-22-13-28(2,3)14-23(34)25(22)24(20(15-30)27(33)31)19-12-17-6-4-5-7-21(17)32-26(19)29/h4-12,24H,13-14,31H2,1-3H3. The van der Waals surface area contributed by atoms with E-state index in [0.29, 0.717) is 35.4 Å². The van der Waals surface area contributed by atoms with Crippen LogP contribution in [0.4, 0.5) is 5.69 Å². The van der Waals surface area contributed by atoms with Gasteiger partial charge in [0.05, 0.1) is 23.1 Å². The topological polar surface area (TPSA) is 83.0 Å². The lowest BCUT2D eigenvalue weighted by Crippen LogP contribution is -2.42. The van der Waals surface area contributed by atoms with Gasteiger partial charge in [-0.15, -0.1) is 0 Å². The van der Waals surface area contributed by atoms with Crippen molar-refractivity contribution < 1.29 is 4.79 Å². The van der Waals surface area contributed by atoms with E-state index in [1.165, 1.54) is 0 Å². The summed E-state index contributed by atoms with van der Waals surface area (Å²) in [4.78, 5) is 20.1. The van der Waals surface area contributed by atoms with E-state index >= 15 is 0 Å². The molecule has 1 aliphatic carbocycles. The number of aromatic nitrogens is 1. The Morgan fingerprint density at radius 1 is 1.15 bits per heavy atom. The Balaban J connectivity index is 1.80. The highest BCUT2D eigenvalue weighted by molar-refractivity contribution is 6.31. The Kier molecular flexibility index (Phi) is 5.22. The van der Waals surface area contributed by atoms with Crippen molar-refractivity contribution in [1.82, 2.24) is 4.98 Å². The van der Waals surface area contributed by atoms with Gasteiger partial charge in [0.15, 0.2) is 5.78 Å². The van der Waals surface area contributed by atoms with E-state index in [0.717, 1.165) is 27.9 Å². The fourth-order valence-electron chi connectivity index (χ4n) is 5.12. The molecule has 5 rings (SSSR count). The number of halogens is 1. The quantitative estimate of drug-likeness (QED) is 0.457. The van der Waals surface area contributed by atoms with E-state index < -0.39 is 5.92 Å². The summed E-state index contributed by atoms with van der Waals surface area (Å²) in [6, 6.07) is 19.8. The number of ketones is 1. The highest BCUT2D eigenvalue weighted by Gasteiger charge is 2.45. The highest BCUT2D eigenvalue weighted by Crippen LogP contribution is 2.51. The van der Waals surface area contributed by atoms with Crippen LogP contribution in [0.1, 0.15) is 43.7 Å². The molecular formula is C28H25ClN4O. The van der Waals surface area contributed by atoms with Gasteiger partial charge in [-0.05, 0) is 43.0 Å². The van der Waals surface area contributed by atoms with Gasteiger partial charge in [-0.3, -0.25) is 9.69 Å². The van der Waals surface area contributed by atoms with Gasteiger partial charge in [0.25, 0.3) is 0 Å². The molecule has 0 fully saturated rings. The average molecular weight is 469 g/mol. The molecule has 0 bridgehead atoms. The van der Waals surface area contributed by atoms with Crippen LogP contribution in [0.3, 0.4) is 0 Å². The first-order valence-corrected chi connectivity index (χ1v) is 11.7. The Bertz CT molecular complexity index is 1440. The van der Waals surface area contributed by atoms with E-state index in [9.17, 15) is 10.1 Å². The number of nitrogens with two attached hydrogens (primary N) is 1. The summed E-state index contributed by atoms with van der Waals surface area (Å²) in [6.07, 6.45) is 1.04. The van der Waals surface area contributed by atoms with Crippen LogP contribution in [0.2, 0.25) is 5.15 Å². The second kappa shape index (κ2) is 8.00. The van der Waals surface area contributed by atoms with Crippen molar-refractivity contribution in [1.29, 1.82) is 5.26 Å². The zero-order valence-corrected chi connectivity index (χ0v) is 20.1. The van der Waals surface area contributed by atoms with Crippen LogP contribution in [-0.4, -0.2) is 10.8 Å². The third-order valence-electron chi connectivity index (χ3n) is 6.69. The number of para-hydroxylation sites is 1. The number of carbonyl (C=O) groups excluding carboxylic acids is 1. The summed E-state index contributed by atoms with van der Waals surface area (Å²) in [5.41, 5.74) is 11.5. The van der Waals surface area contributed by atoms with Gasteiger partial charge in [0, 0.05) is 34.3 Å². The summed E-state index contributed by atoms with van der Waals surface area (Å²) in [5, 5.41) is 11.4. The smallest absolute Gasteiger partial charge is 0.162 e. The molecule has 0 amide bonds. The molecule has 1 unspecified atom stereocenters. The molecule has 1 aromatic heterocycles. The molecule has 34 heavy (non-hydrogen) atoms. The van der Waals surface area contributed by atoms with Crippen molar-refractivity contribution in [2.75, 3.05) is 4.90 Å². The first-order valence-electron chi connectivity index (χ1n) is 11.3. The van der Waals surface area contributed by atoms with Gasteiger partial charge in [-0.2, -0.15) is 5.26 Å². The number of rotatable bonds is 2. The molecule has 0 spiro atoms. The summed E-state index contributed by atoms with van der Waals surface area (Å²) in [6.45, 7) is 6.19. The van der Waals surface area contributed by atoms with Gasteiger partial charge in [0.2, 0.25) is 0 Å². The molecule has 1 aliphatic heterocycles. The minimum atomic E-state index is -0.657. The molecule has 3 aromatic rings. The van der Waals surface area contributed by atoms with Gasteiger partial charge < -0.3 is 5.73 Å². The molecule has 0 radical (unpaired) electrons. The molecule has 1 atom stereocenters. The van der Waals surface area contributed by atoms with Gasteiger partial charge in [-0.1, -0.05) is 61.3 Å². The minimum Gasteiger partial charge on any atom is -0.384 e. The summed E-state index contributed by atoms with van der Waals surface area (Å²) in [5.74, 6) is -0.322. The number of carbonyl (C=O) groups is 1. The number of anilines is 1. The van der Waals surface area contributed by atoms with Crippen LogP contribution in [-0.2, 0) is 4.79 Å². The van der Waals surface area contributed by atoms with Crippen molar-refractivity contribution in [2.24, 2.45) is 11.1 Å². The molecule has 6 heteroatoms. The van der Waals surface area contributed by atoms with Crippen LogP contribution >= 0.6 is 11.6 Å². The number of pyridine rings is 1. The lowest BCUT2D eigenvalue weighted by molar-refractivity contribution is -0.118. The number of hydrogen-bond acceptors (Lipinski definition) is 5. The molecule has 5 nitrogen and oxygen atoms in total. The molecule has 170 valence electrons. The van der Waals surface area contributed by atoms with Crippen molar-refractivity contribution >= 4 is 34.0 Å². The number of aryl methyl sites for hydroxylation is 1. The average Bonchev–Trinajstić information content (AvgIpc) is 2.78. The minimum absolute atomic E-state index is 0.0119. The largest absolute Gasteiger partial charge is 0.384 e. The fraction of sp³-hybridized carbons (Fsp3) is 0.250. The van der Waals surface area contributed by atoms with Crippen LogP contribution in [0, 0.1) is 23.7 Å². The highest BCUT2D eigenvalue weighted by atomic mass is 35.5. The van der Waals surface area contributed by atoms with Crippen LogP contribution in [0.25, 0.3) is 10.9 Å². The van der Waals surface area contributed by atoms with E-state index in [2.05, 4.69) is 24.9 Å². The van der Waals surface area contributed by atoms with E-state index in [1.807, 2.05) is 66.4 Å². The lowest BCUT2D eigenvalue weighted by atomic mass is 9.68. The lowest BCUT2D eigenvalue weighted by Gasteiger charge is -2.43. The second-order valence-electron chi connectivity index (χ2n) is 9.88. The molecule has 2 aromatic carbocycles. The zero-order chi connectivity index (χ0) is 24.2. The van der Waals surface area contributed by atoms with Gasteiger partial charge in [-0.25, -0.2) is 4.98 Å². The van der Waals surface area contributed by atoms with Crippen molar-refractivity contribution in [2.45, 2.75) is 39.5 Å². The predicted octanol–water partition coefficient (Wildman–Crippen LogP) is 6.14. The van der Waals surface area contributed by atoms with E-state index in [4.69, 9.17) is 17.3 Å². The van der Waals surface area contributed by atoms with Gasteiger partial charge in [0.1, 0.15) is 11.0 Å². The molecular weight excluding hydrogens is 444 g/mol. The summed E-state index contributed by atoms with van der Waals surface area (Å²) < 4.78 is 0. The zero-order valence-electron chi connectivity index (χ0n) is 19.4. The van der Waals surface area contributed by atoms with Gasteiger partial charge >= 0.3 is 0 Å². The summed E-state index contributed by atoms with van der Waals surface area (Å²) >= 11 is 6.68. The third kappa shape index (κ3) is 3.55. The van der Waals surface area contributed by atoms with Crippen LogP contribution in [0.15, 0.2) is 77.3 Å². The molecule has 2 aliphatic rings. The first-order chi connectivity index (χ1) is 16.2. The number of nitrogens with zero attached hydrogens (tertiary/aromatic N) is 3. The number of allylic oxidation sites excluding steroid dienone is 3. The Labute approximate surface area is 204 Å². The first kappa shape index (κ1) is 22.2.